The van der Waals surface area contributed by atoms with E-state index in [2.05, 4.69) is 5.32 Å². The lowest BCUT2D eigenvalue weighted by molar-refractivity contribution is -0.139. The fourth-order valence-electron chi connectivity index (χ4n) is 4.39. The Balaban J connectivity index is 1.51. The maximum Gasteiger partial charge on any atom is 0.325 e. The van der Waals surface area contributed by atoms with E-state index in [9.17, 15) is 14.4 Å². The van der Waals surface area contributed by atoms with Gasteiger partial charge < -0.3 is 15.0 Å². The summed E-state index contributed by atoms with van der Waals surface area (Å²) in [4.78, 5) is 41.4. The maximum atomic E-state index is 13.3. The Bertz CT molecular complexity index is 1010. The molecule has 1 spiro atoms. The normalized spacial score (nSPS) is 20.1. The number of nitrogens with zero attached hydrogens (tertiary/aromatic N) is 2. The fourth-order valence-corrected chi connectivity index (χ4v) is 4.39. The smallest absolute Gasteiger partial charge is 0.325 e. The molecular formula is C23H25N3O4. The van der Waals surface area contributed by atoms with Crippen molar-refractivity contribution in [2.45, 2.75) is 31.3 Å². The average molecular weight is 407 g/mol. The quantitative estimate of drug-likeness (QED) is 0.773. The molecule has 0 bridgehead atoms. The summed E-state index contributed by atoms with van der Waals surface area (Å²) in [6, 6.07) is 14.6. The standard InChI is InChI=1S/C23H25N3O4/c1-25(14-17-9-4-6-12-19(17)30-2)20(27)15-26-21(28)23(24-22(26)29)13-7-10-16-8-3-5-11-18(16)23/h3-6,8-9,11-12H,7,10,13-15H2,1-2H3,(H,24,29)/t23-/m1/s1. The summed E-state index contributed by atoms with van der Waals surface area (Å²) in [6.07, 6.45) is 2.22. The third-order valence-electron chi connectivity index (χ3n) is 5.97. The van der Waals surface area contributed by atoms with Crippen molar-refractivity contribution in [2.24, 2.45) is 0 Å². The number of hydrogen-bond acceptors (Lipinski definition) is 4. The Morgan fingerprint density at radius 1 is 1.17 bits per heavy atom. The van der Waals surface area contributed by atoms with Crippen molar-refractivity contribution in [3.05, 3.63) is 65.2 Å². The number of para-hydroxylation sites is 1. The van der Waals surface area contributed by atoms with E-state index in [0.717, 1.165) is 34.4 Å². The van der Waals surface area contributed by atoms with E-state index < -0.39 is 11.6 Å². The van der Waals surface area contributed by atoms with Crippen LogP contribution in [0, 0.1) is 0 Å². The second kappa shape index (κ2) is 7.82. The van der Waals surface area contributed by atoms with E-state index in [-0.39, 0.29) is 18.4 Å². The Kier molecular flexibility index (Phi) is 5.20. The Morgan fingerprint density at radius 2 is 1.90 bits per heavy atom. The van der Waals surface area contributed by atoms with Gasteiger partial charge in [-0.05, 0) is 36.5 Å². The summed E-state index contributed by atoms with van der Waals surface area (Å²) in [7, 11) is 3.23. The zero-order chi connectivity index (χ0) is 21.3. The first-order chi connectivity index (χ1) is 14.5. The molecule has 156 valence electrons. The van der Waals surface area contributed by atoms with Gasteiger partial charge in [0.05, 0.1) is 7.11 Å². The van der Waals surface area contributed by atoms with Crippen molar-refractivity contribution in [3.8, 4) is 5.75 Å². The summed E-state index contributed by atoms with van der Waals surface area (Å²) in [6.45, 7) is 0.0285. The van der Waals surface area contributed by atoms with Gasteiger partial charge in [0, 0.05) is 19.2 Å². The summed E-state index contributed by atoms with van der Waals surface area (Å²) in [5.74, 6) is 0.0224. The number of carbonyl (C=O) groups excluding carboxylic acids is 3. The number of fused-ring (bicyclic) bond motifs is 2. The average Bonchev–Trinajstić information content (AvgIpc) is 2.99. The number of hydrogen-bond donors (Lipinski definition) is 1. The number of benzene rings is 2. The molecule has 0 saturated carbocycles. The van der Waals surface area contributed by atoms with Gasteiger partial charge >= 0.3 is 6.03 Å². The van der Waals surface area contributed by atoms with Crippen LogP contribution in [0.15, 0.2) is 48.5 Å². The number of imide groups is 1. The highest BCUT2D eigenvalue weighted by molar-refractivity contribution is 6.09. The second-order valence-corrected chi connectivity index (χ2v) is 7.80. The third-order valence-corrected chi connectivity index (χ3v) is 5.97. The highest BCUT2D eigenvalue weighted by Gasteiger charge is 2.54. The number of aryl methyl sites for hydroxylation is 1. The number of likely N-dealkylation sites (N-methyl/N-ethyl adjacent to an activating group) is 1. The molecule has 2 aromatic carbocycles. The van der Waals surface area contributed by atoms with Crippen LogP contribution in [0.25, 0.3) is 0 Å². The SMILES string of the molecule is COc1ccccc1CN(C)C(=O)CN1C(=O)N[C@@]2(CCCc3ccccc32)C1=O. The van der Waals surface area contributed by atoms with Gasteiger partial charge in [-0.2, -0.15) is 0 Å². The minimum Gasteiger partial charge on any atom is -0.496 e. The number of rotatable bonds is 5. The van der Waals surface area contributed by atoms with Crippen LogP contribution in [-0.4, -0.2) is 48.3 Å². The number of carbonyl (C=O) groups is 3. The number of nitrogens with one attached hydrogen (secondary N) is 1. The molecule has 1 N–H and O–H groups in total. The predicted molar refractivity (Wildman–Crippen MR) is 111 cm³/mol. The maximum absolute atomic E-state index is 13.3. The summed E-state index contributed by atoms with van der Waals surface area (Å²) in [5, 5.41) is 2.88. The van der Waals surface area contributed by atoms with E-state index >= 15 is 0 Å². The van der Waals surface area contributed by atoms with Crippen LogP contribution in [0.4, 0.5) is 4.79 Å². The Labute approximate surface area is 175 Å². The number of urea groups is 1. The van der Waals surface area contributed by atoms with Crippen LogP contribution < -0.4 is 10.1 Å². The molecule has 0 radical (unpaired) electrons. The molecule has 1 heterocycles. The zero-order valence-electron chi connectivity index (χ0n) is 17.2. The van der Waals surface area contributed by atoms with Gasteiger partial charge in [0.2, 0.25) is 5.91 Å². The van der Waals surface area contributed by atoms with Gasteiger partial charge in [0.1, 0.15) is 17.8 Å². The second-order valence-electron chi connectivity index (χ2n) is 7.80. The lowest BCUT2D eigenvalue weighted by Gasteiger charge is -2.33. The van der Waals surface area contributed by atoms with E-state index in [1.807, 2.05) is 48.5 Å². The molecule has 7 nitrogen and oxygen atoms in total. The van der Waals surface area contributed by atoms with Crippen LogP contribution >= 0.6 is 0 Å². The minimum atomic E-state index is -1.06. The first-order valence-electron chi connectivity index (χ1n) is 10.0. The minimum absolute atomic E-state index is 0.291. The summed E-state index contributed by atoms with van der Waals surface area (Å²) >= 11 is 0. The first-order valence-corrected chi connectivity index (χ1v) is 10.0. The molecule has 4 rings (SSSR count). The molecule has 1 fully saturated rings. The molecule has 2 aliphatic rings. The van der Waals surface area contributed by atoms with E-state index in [1.165, 1.54) is 4.90 Å². The van der Waals surface area contributed by atoms with Crippen molar-refractivity contribution in [1.82, 2.24) is 15.1 Å². The number of methoxy groups -OCH3 is 1. The first kappa shape index (κ1) is 19.9. The van der Waals surface area contributed by atoms with E-state index in [0.29, 0.717) is 18.7 Å². The number of ether oxygens (including phenoxy) is 1. The monoisotopic (exact) mass is 407 g/mol. The van der Waals surface area contributed by atoms with Crippen LogP contribution in [0.2, 0.25) is 0 Å². The third kappa shape index (κ3) is 3.30. The van der Waals surface area contributed by atoms with Gasteiger partial charge in [0.25, 0.3) is 5.91 Å². The molecule has 1 saturated heterocycles. The van der Waals surface area contributed by atoms with Crippen molar-refractivity contribution in [1.29, 1.82) is 0 Å². The molecule has 1 aliphatic carbocycles. The highest BCUT2D eigenvalue weighted by atomic mass is 16.5. The molecule has 0 aromatic heterocycles. The lowest BCUT2D eigenvalue weighted by Crippen LogP contribution is -2.47. The largest absolute Gasteiger partial charge is 0.496 e. The van der Waals surface area contributed by atoms with Gasteiger partial charge in [-0.15, -0.1) is 0 Å². The fraction of sp³-hybridized carbons (Fsp3) is 0.348. The predicted octanol–water partition coefficient (Wildman–Crippen LogP) is 2.44. The molecule has 1 aliphatic heterocycles. The molecule has 0 unspecified atom stereocenters. The Hall–Kier alpha value is -3.35. The molecule has 30 heavy (non-hydrogen) atoms. The topological polar surface area (TPSA) is 79.0 Å². The molecule has 1 atom stereocenters. The van der Waals surface area contributed by atoms with Crippen molar-refractivity contribution in [2.75, 3.05) is 20.7 Å². The highest BCUT2D eigenvalue weighted by Crippen LogP contribution is 2.39. The molecule has 4 amide bonds. The van der Waals surface area contributed by atoms with Gasteiger partial charge in [-0.3, -0.25) is 14.5 Å². The summed E-state index contributed by atoms with van der Waals surface area (Å²) in [5.41, 5.74) is 1.70. The van der Waals surface area contributed by atoms with Crippen molar-refractivity contribution in [3.63, 3.8) is 0 Å². The van der Waals surface area contributed by atoms with Crippen molar-refractivity contribution < 1.29 is 19.1 Å². The molecule has 7 heteroatoms. The van der Waals surface area contributed by atoms with Crippen LogP contribution in [-0.2, 0) is 28.1 Å². The van der Waals surface area contributed by atoms with Crippen LogP contribution in [0.1, 0.15) is 29.5 Å². The van der Waals surface area contributed by atoms with Gasteiger partial charge in [-0.1, -0.05) is 42.5 Å². The number of amides is 4. The van der Waals surface area contributed by atoms with E-state index in [1.54, 1.807) is 14.2 Å². The Morgan fingerprint density at radius 3 is 2.70 bits per heavy atom. The van der Waals surface area contributed by atoms with E-state index in [4.69, 9.17) is 4.74 Å². The van der Waals surface area contributed by atoms with Crippen molar-refractivity contribution >= 4 is 17.8 Å². The van der Waals surface area contributed by atoms with Crippen LogP contribution in [0.3, 0.4) is 0 Å². The van der Waals surface area contributed by atoms with Gasteiger partial charge in [-0.25, -0.2) is 4.79 Å². The zero-order valence-corrected chi connectivity index (χ0v) is 17.2. The molecular weight excluding hydrogens is 382 g/mol. The molecule has 2 aromatic rings. The van der Waals surface area contributed by atoms with Crippen LogP contribution in [0.5, 0.6) is 5.75 Å². The lowest BCUT2D eigenvalue weighted by atomic mass is 9.76. The summed E-state index contributed by atoms with van der Waals surface area (Å²) < 4.78 is 5.34. The van der Waals surface area contributed by atoms with Gasteiger partial charge in [0.15, 0.2) is 0 Å².